The summed E-state index contributed by atoms with van der Waals surface area (Å²) in [4.78, 5) is 8.24. The van der Waals surface area contributed by atoms with Crippen molar-refractivity contribution in [2.75, 3.05) is 36.4 Å². The van der Waals surface area contributed by atoms with Crippen molar-refractivity contribution < 1.29 is 8.42 Å². The van der Waals surface area contributed by atoms with Gasteiger partial charge in [-0.2, -0.15) is 0 Å². The molecule has 0 spiro atoms. The first-order chi connectivity index (χ1) is 17.1. The Morgan fingerprint density at radius 3 is 2.43 bits per heavy atom. The molecule has 0 bridgehead atoms. The van der Waals surface area contributed by atoms with Gasteiger partial charge in [0.05, 0.1) is 10.9 Å². The third kappa shape index (κ3) is 4.09. The second-order valence-corrected chi connectivity index (χ2v) is 11.5. The number of aryl methyl sites for hydroxylation is 1. The molecular weight excluding hydrogens is 456 g/mol. The number of sulfone groups is 1. The van der Waals surface area contributed by atoms with Gasteiger partial charge in [-0.15, -0.1) is 0 Å². The zero-order valence-corrected chi connectivity index (χ0v) is 20.4. The van der Waals surface area contributed by atoms with Crippen LogP contribution in [0.3, 0.4) is 0 Å². The van der Waals surface area contributed by atoms with E-state index in [0.717, 1.165) is 37.1 Å². The molecule has 2 atom stereocenters. The summed E-state index contributed by atoms with van der Waals surface area (Å²) in [6, 6.07) is 25.4. The number of nitrogens with one attached hydrogen (secondary N) is 2. The topological polar surface area (TPSA) is 68.4 Å². The van der Waals surface area contributed by atoms with E-state index < -0.39 is 15.2 Å². The summed E-state index contributed by atoms with van der Waals surface area (Å²) in [5.41, 5.74) is 4.63. The lowest BCUT2D eigenvalue weighted by molar-refractivity contribution is 0.212. The molecule has 1 aromatic heterocycles. The molecule has 0 radical (unpaired) electrons. The smallest absolute Gasteiger partial charge is 0.196 e. The molecule has 0 aliphatic carbocycles. The van der Waals surface area contributed by atoms with Crippen molar-refractivity contribution in [3.8, 4) is 0 Å². The minimum absolute atomic E-state index is 0.172. The Bertz CT molecular complexity index is 1430. The van der Waals surface area contributed by atoms with Gasteiger partial charge in [-0.1, -0.05) is 42.5 Å². The molecule has 0 saturated carbocycles. The molecule has 180 valence electrons. The summed E-state index contributed by atoms with van der Waals surface area (Å²) in [7, 11) is -3.57. The summed E-state index contributed by atoms with van der Waals surface area (Å²) in [6.07, 6.45) is 3.64. The quantitative estimate of drug-likeness (QED) is 0.434. The molecule has 2 unspecified atom stereocenters. The number of benzene rings is 3. The summed E-state index contributed by atoms with van der Waals surface area (Å²) in [6.45, 7) is 2.96. The molecule has 1 fully saturated rings. The third-order valence-corrected chi connectivity index (χ3v) is 9.60. The molecule has 1 saturated heterocycles. The number of rotatable bonds is 5. The van der Waals surface area contributed by atoms with Gasteiger partial charge in [0.2, 0.25) is 0 Å². The Labute approximate surface area is 206 Å². The van der Waals surface area contributed by atoms with E-state index in [0.29, 0.717) is 18.0 Å². The van der Waals surface area contributed by atoms with Crippen LogP contribution < -0.4 is 10.2 Å². The maximum absolute atomic E-state index is 14.0. The third-order valence-electron chi connectivity index (χ3n) is 7.40. The van der Waals surface area contributed by atoms with E-state index >= 15 is 0 Å². The summed E-state index contributed by atoms with van der Waals surface area (Å²) in [5, 5.41) is 4.18. The standard InChI is InChI=1S/C28H30N4O2S/c33-35(34,22-8-2-1-3-9-22)28(26-14-13-21-7-4-5-10-24(21)30-26)32-19-17-31(18-20-32)27-12-6-11-25-23(27)15-16-29-25/h1-12,15-16,26,28-30H,13-14,17-20H2. The van der Waals surface area contributed by atoms with Crippen molar-refractivity contribution >= 4 is 32.1 Å². The molecule has 3 heterocycles. The van der Waals surface area contributed by atoms with Gasteiger partial charge >= 0.3 is 0 Å². The van der Waals surface area contributed by atoms with Gasteiger partial charge in [0.15, 0.2) is 9.84 Å². The van der Waals surface area contributed by atoms with Crippen LogP contribution in [0, 0.1) is 0 Å². The second-order valence-electron chi connectivity index (χ2n) is 9.43. The van der Waals surface area contributed by atoms with Crippen molar-refractivity contribution in [1.29, 1.82) is 0 Å². The van der Waals surface area contributed by atoms with Crippen LogP contribution in [0.25, 0.3) is 10.9 Å². The number of para-hydroxylation sites is 1. The van der Waals surface area contributed by atoms with Gasteiger partial charge in [-0.3, -0.25) is 4.90 Å². The highest BCUT2D eigenvalue weighted by Gasteiger charge is 2.41. The highest BCUT2D eigenvalue weighted by atomic mass is 32.2. The minimum Gasteiger partial charge on any atom is -0.379 e. The largest absolute Gasteiger partial charge is 0.379 e. The second kappa shape index (κ2) is 9.06. The maximum atomic E-state index is 14.0. The van der Waals surface area contributed by atoms with Gasteiger partial charge in [0, 0.05) is 54.7 Å². The zero-order chi connectivity index (χ0) is 23.8. The highest BCUT2D eigenvalue weighted by molar-refractivity contribution is 7.92. The molecule has 2 aliphatic heterocycles. The summed E-state index contributed by atoms with van der Waals surface area (Å²) < 4.78 is 28.1. The number of nitrogens with zero attached hydrogens (tertiary/aromatic N) is 2. The van der Waals surface area contributed by atoms with Crippen LogP contribution in [0.4, 0.5) is 11.4 Å². The fourth-order valence-electron chi connectivity index (χ4n) is 5.65. The van der Waals surface area contributed by atoms with Crippen molar-refractivity contribution in [1.82, 2.24) is 9.88 Å². The molecule has 2 aliphatic rings. The number of aromatic nitrogens is 1. The molecule has 2 N–H and O–H groups in total. The number of anilines is 2. The summed E-state index contributed by atoms with van der Waals surface area (Å²) >= 11 is 0. The van der Waals surface area contributed by atoms with Crippen LogP contribution in [-0.2, 0) is 16.3 Å². The lowest BCUT2D eigenvalue weighted by Gasteiger charge is -2.44. The molecule has 7 heteroatoms. The molecule has 0 amide bonds. The lowest BCUT2D eigenvalue weighted by Crippen LogP contribution is -2.58. The Kier molecular flexibility index (Phi) is 5.74. The van der Waals surface area contributed by atoms with Crippen LogP contribution in [-0.4, -0.2) is 55.9 Å². The predicted octanol–water partition coefficient (Wildman–Crippen LogP) is 4.52. The van der Waals surface area contributed by atoms with Gasteiger partial charge < -0.3 is 15.2 Å². The van der Waals surface area contributed by atoms with E-state index in [-0.39, 0.29) is 6.04 Å². The van der Waals surface area contributed by atoms with Crippen LogP contribution in [0.2, 0.25) is 0 Å². The number of hydrogen-bond acceptors (Lipinski definition) is 5. The first-order valence-electron chi connectivity index (χ1n) is 12.3. The van der Waals surface area contributed by atoms with E-state index in [2.05, 4.69) is 56.5 Å². The highest BCUT2D eigenvalue weighted by Crippen LogP contribution is 2.33. The van der Waals surface area contributed by atoms with E-state index in [1.807, 2.05) is 36.5 Å². The molecule has 6 rings (SSSR count). The average Bonchev–Trinajstić information content (AvgIpc) is 3.39. The maximum Gasteiger partial charge on any atom is 0.196 e. The van der Waals surface area contributed by atoms with Crippen LogP contribution in [0.1, 0.15) is 12.0 Å². The van der Waals surface area contributed by atoms with Crippen molar-refractivity contribution in [3.05, 3.63) is 90.6 Å². The van der Waals surface area contributed by atoms with E-state index in [9.17, 15) is 8.42 Å². The molecule has 35 heavy (non-hydrogen) atoms. The number of piperazine rings is 1. The van der Waals surface area contributed by atoms with E-state index in [1.165, 1.54) is 16.6 Å². The summed E-state index contributed by atoms with van der Waals surface area (Å²) in [5.74, 6) is 0. The van der Waals surface area contributed by atoms with E-state index in [1.54, 1.807) is 12.1 Å². The Balaban J connectivity index is 1.30. The number of hydrogen-bond donors (Lipinski definition) is 2. The number of fused-ring (bicyclic) bond motifs is 2. The van der Waals surface area contributed by atoms with Crippen LogP contribution in [0.15, 0.2) is 90.0 Å². The normalized spacial score (nSPS) is 19.8. The average molecular weight is 487 g/mol. The predicted molar refractivity (Wildman–Crippen MR) is 142 cm³/mol. The SMILES string of the molecule is O=S(=O)(c1ccccc1)C(C1CCc2ccccc2N1)N1CCN(c2cccc3[nH]ccc23)CC1. The first kappa shape index (κ1) is 22.2. The van der Waals surface area contributed by atoms with Crippen molar-refractivity contribution in [2.24, 2.45) is 0 Å². The molecule has 6 nitrogen and oxygen atoms in total. The molecule has 3 aromatic carbocycles. The van der Waals surface area contributed by atoms with Crippen LogP contribution in [0.5, 0.6) is 0 Å². The Morgan fingerprint density at radius 1 is 0.829 bits per heavy atom. The van der Waals surface area contributed by atoms with Gasteiger partial charge in [-0.05, 0) is 54.8 Å². The van der Waals surface area contributed by atoms with Gasteiger partial charge in [0.25, 0.3) is 0 Å². The Hall–Kier alpha value is -3.29. The molecular formula is C28H30N4O2S. The fraction of sp³-hybridized carbons (Fsp3) is 0.286. The minimum atomic E-state index is -3.57. The fourth-order valence-corrected chi connectivity index (χ4v) is 7.71. The monoisotopic (exact) mass is 486 g/mol. The van der Waals surface area contributed by atoms with Gasteiger partial charge in [0.1, 0.15) is 5.37 Å². The van der Waals surface area contributed by atoms with E-state index in [4.69, 9.17) is 0 Å². The van der Waals surface area contributed by atoms with Gasteiger partial charge in [-0.25, -0.2) is 8.42 Å². The number of aromatic amines is 1. The first-order valence-corrected chi connectivity index (χ1v) is 13.8. The van der Waals surface area contributed by atoms with Crippen molar-refractivity contribution in [3.63, 3.8) is 0 Å². The Morgan fingerprint density at radius 2 is 1.60 bits per heavy atom. The zero-order valence-electron chi connectivity index (χ0n) is 19.6. The number of H-pyrrole nitrogens is 1. The van der Waals surface area contributed by atoms with Crippen LogP contribution >= 0.6 is 0 Å². The van der Waals surface area contributed by atoms with Crippen molar-refractivity contribution in [2.45, 2.75) is 29.2 Å². The lowest BCUT2D eigenvalue weighted by atomic mass is 9.97. The molecule has 4 aromatic rings.